The Morgan fingerprint density at radius 2 is 2.00 bits per heavy atom. The van der Waals surface area contributed by atoms with E-state index >= 15 is 0 Å². The van der Waals surface area contributed by atoms with Crippen molar-refractivity contribution in [3.05, 3.63) is 0 Å². The molecule has 0 atom stereocenters. The average Bonchev–Trinajstić information content (AvgIpc) is 1.27. The summed E-state index contributed by atoms with van der Waals surface area (Å²) in [4.78, 5) is 0. The third-order valence-corrected chi connectivity index (χ3v) is 0.736. The van der Waals surface area contributed by atoms with E-state index in [2.05, 4.69) is 31.6 Å². The zero-order valence-corrected chi connectivity index (χ0v) is 11.9. The summed E-state index contributed by atoms with van der Waals surface area (Å²) in [7, 11) is 0. The van der Waals surface area contributed by atoms with Gasteiger partial charge in [-0.05, 0) is 0 Å². The van der Waals surface area contributed by atoms with Crippen LogP contribution >= 0.6 is 0 Å². The van der Waals surface area contributed by atoms with Crippen molar-refractivity contribution < 1.29 is 56.1 Å². The SMILES string of the molecule is CC(C)OC(=[Se])[Se-].[K+]. The first-order valence-electron chi connectivity index (χ1n) is 2.00. The summed E-state index contributed by atoms with van der Waals surface area (Å²) in [5.74, 6) is 0. The van der Waals surface area contributed by atoms with Crippen molar-refractivity contribution in [2.45, 2.75) is 20.0 Å². The maximum atomic E-state index is 5.06. The van der Waals surface area contributed by atoms with E-state index in [4.69, 9.17) is 4.74 Å². The van der Waals surface area contributed by atoms with Crippen molar-refractivity contribution in [2.75, 3.05) is 0 Å². The molecule has 0 unspecified atom stereocenters. The van der Waals surface area contributed by atoms with Gasteiger partial charge in [0, 0.05) is 0 Å². The van der Waals surface area contributed by atoms with Crippen LogP contribution in [0.1, 0.15) is 13.8 Å². The van der Waals surface area contributed by atoms with Crippen molar-refractivity contribution >= 4 is 35.1 Å². The molecule has 0 radical (unpaired) electrons. The Morgan fingerprint density at radius 3 is 2.00 bits per heavy atom. The van der Waals surface area contributed by atoms with Gasteiger partial charge in [-0.15, -0.1) is 0 Å². The number of hydrogen-bond donors (Lipinski definition) is 0. The molecule has 4 heteroatoms. The van der Waals surface area contributed by atoms with Gasteiger partial charge < -0.3 is 0 Å². The molecule has 0 amide bonds. The van der Waals surface area contributed by atoms with E-state index in [0.717, 1.165) is 3.50 Å². The van der Waals surface area contributed by atoms with Crippen LogP contribution in [0.15, 0.2) is 0 Å². The maximum absolute atomic E-state index is 5.06. The quantitative estimate of drug-likeness (QED) is 0.480. The Morgan fingerprint density at radius 1 is 1.62 bits per heavy atom. The molecule has 0 aromatic carbocycles. The monoisotopic (exact) mass is 270 g/mol. The van der Waals surface area contributed by atoms with Crippen molar-refractivity contribution in [1.29, 1.82) is 0 Å². The topological polar surface area (TPSA) is 9.23 Å². The Labute approximate surface area is 109 Å². The van der Waals surface area contributed by atoms with E-state index in [9.17, 15) is 0 Å². The van der Waals surface area contributed by atoms with Crippen LogP contribution in [0.3, 0.4) is 0 Å². The van der Waals surface area contributed by atoms with Gasteiger partial charge in [-0.2, -0.15) is 0 Å². The third-order valence-electron chi connectivity index (χ3n) is 0.332. The van der Waals surface area contributed by atoms with Gasteiger partial charge in [-0.25, -0.2) is 0 Å². The molecule has 8 heavy (non-hydrogen) atoms. The Kier molecular flexibility index (Phi) is 12.1. The molecule has 0 aliphatic carbocycles. The summed E-state index contributed by atoms with van der Waals surface area (Å²) in [6.07, 6.45) is 0.275. The van der Waals surface area contributed by atoms with Crippen LogP contribution in [0.5, 0.6) is 0 Å². The molecule has 0 rings (SSSR count). The summed E-state index contributed by atoms with van der Waals surface area (Å²) in [6, 6.07) is 0. The third kappa shape index (κ3) is 11.2. The summed E-state index contributed by atoms with van der Waals surface area (Å²) < 4.78 is 5.84. The average molecular weight is 268 g/mol. The van der Waals surface area contributed by atoms with Gasteiger partial charge in [-0.1, -0.05) is 0 Å². The minimum Gasteiger partial charge on any atom is 1.00 e. The second kappa shape index (κ2) is 7.45. The molecule has 0 heterocycles. The van der Waals surface area contributed by atoms with Crippen LogP contribution in [0.4, 0.5) is 0 Å². The van der Waals surface area contributed by atoms with E-state index in [-0.39, 0.29) is 57.5 Å². The fourth-order valence-electron chi connectivity index (χ4n) is 0.192. The van der Waals surface area contributed by atoms with Gasteiger partial charge in [0.2, 0.25) is 0 Å². The molecule has 42 valence electrons. The van der Waals surface area contributed by atoms with E-state index < -0.39 is 0 Å². The van der Waals surface area contributed by atoms with Gasteiger partial charge in [0.1, 0.15) is 0 Å². The van der Waals surface area contributed by atoms with E-state index in [1.54, 1.807) is 0 Å². The summed E-state index contributed by atoms with van der Waals surface area (Å²) in [6.45, 7) is 3.96. The molecule has 0 spiro atoms. The zero-order valence-electron chi connectivity index (χ0n) is 5.30. The van der Waals surface area contributed by atoms with E-state index in [0.29, 0.717) is 0 Å². The van der Waals surface area contributed by atoms with Gasteiger partial charge in [0.05, 0.1) is 0 Å². The molecule has 0 fully saturated rings. The molecule has 0 aromatic heterocycles. The molecular formula is C4H7KOSe2. The fraction of sp³-hybridized carbons (Fsp3) is 0.750. The van der Waals surface area contributed by atoms with Gasteiger partial charge in [-0.3, -0.25) is 0 Å². The van der Waals surface area contributed by atoms with Crippen molar-refractivity contribution in [3.63, 3.8) is 0 Å². The summed E-state index contributed by atoms with van der Waals surface area (Å²) in [5.41, 5.74) is 0. The zero-order chi connectivity index (χ0) is 5.86. The first-order valence-corrected chi connectivity index (χ1v) is 3.72. The number of hydrogen-bond acceptors (Lipinski definition) is 1. The first kappa shape index (κ1) is 13.0. The second-order valence-corrected chi connectivity index (χ2v) is 4.28. The van der Waals surface area contributed by atoms with Crippen LogP contribution in [0.2, 0.25) is 0 Å². The van der Waals surface area contributed by atoms with Crippen LogP contribution in [0.25, 0.3) is 0 Å². The van der Waals surface area contributed by atoms with E-state index in [1.807, 2.05) is 13.8 Å². The van der Waals surface area contributed by atoms with Gasteiger partial charge in [0.25, 0.3) is 0 Å². The predicted molar refractivity (Wildman–Crippen MR) is 32.7 cm³/mol. The van der Waals surface area contributed by atoms with E-state index in [1.165, 1.54) is 0 Å². The second-order valence-electron chi connectivity index (χ2n) is 1.42. The normalized spacial score (nSPS) is 7.88. The minimum atomic E-state index is 0. The van der Waals surface area contributed by atoms with Gasteiger partial charge >= 0.3 is 111 Å². The molecule has 0 aromatic rings. The molecule has 1 nitrogen and oxygen atoms in total. The molecule has 0 saturated carbocycles. The molecule has 0 saturated heterocycles. The standard InChI is InChI=1S/C4H8OSe2.K/c1-3(2)5-4(6)7;/h3H,1-2H3,(H,6,7);/q;+1/p-1. The minimum absolute atomic E-state index is 0. The van der Waals surface area contributed by atoms with Crippen LogP contribution in [-0.2, 0) is 4.74 Å². The molecule has 0 N–H and O–H groups in total. The maximum Gasteiger partial charge on any atom is 1.00 e. The van der Waals surface area contributed by atoms with Crippen molar-refractivity contribution in [2.24, 2.45) is 0 Å². The van der Waals surface area contributed by atoms with Crippen molar-refractivity contribution in [1.82, 2.24) is 0 Å². The molecular weight excluding hydrogens is 261 g/mol. The number of ether oxygens (including phenoxy) is 1. The number of rotatable bonds is 2. The van der Waals surface area contributed by atoms with Crippen molar-refractivity contribution in [3.8, 4) is 0 Å². The van der Waals surface area contributed by atoms with Crippen LogP contribution in [0, 0.1) is 0 Å². The Bertz CT molecular complexity index is 74.4. The van der Waals surface area contributed by atoms with Crippen LogP contribution in [-0.4, -0.2) is 41.2 Å². The predicted octanol–water partition coefficient (Wildman–Crippen LogP) is -3.16. The fourth-order valence-corrected chi connectivity index (χ4v) is 1.00. The first-order chi connectivity index (χ1) is 3.13. The smallest absolute Gasteiger partial charge is 1.00 e. The molecule has 0 aliphatic rings. The molecule has 0 aliphatic heterocycles. The summed E-state index contributed by atoms with van der Waals surface area (Å²) >= 11 is 5.42. The summed E-state index contributed by atoms with van der Waals surface area (Å²) in [5, 5.41) is 0. The Balaban J connectivity index is 0. The van der Waals surface area contributed by atoms with Crippen LogP contribution < -0.4 is 51.4 Å². The van der Waals surface area contributed by atoms with Gasteiger partial charge in [0.15, 0.2) is 0 Å². The Hall–Kier alpha value is 2.35. The largest absolute Gasteiger partial charge is 1.00 e. The molecule has 0 bridgehead atoms.